The fourth-order valence-corrected chi connectivity index (χ4v) is 4.50. The molecule has 1 unspecified atom stereocenters. The number of hydrogen-bond donors (Lipinski definition) is 2. The SMILES string of the molecule is N#CC1=C(N)Oc2c(c(=O)[nH]c3ccccc23)C1c1cc(Br)cs1. The predicted molar refractivity (Wildman–Crippen MR) is 95.9 cm³/mol. The summed E-state index contributed by atoms with van der Waals surface area (Å²) in [6, 6.07) is 11.3. The van der Waals surface area contributed by atoms with E-state index in [9.17, 15) is 10.1 Å². The molecule has 0 aliphatic carbocycles. The third-order valence-electron chi connectivity index (χ3n) is 3.96. The molecule has 0 saturated heterocycles. The summed E-state index contributed by atoms with van der Waals surface area (Å²) in [6.45, 7) is 0. The highest BCUT2D eigenvalue weighted by Crippen LogP contribution is 2.44. The molecular formula is C17H10BrN3O2S. The number of thiophene rings is 1. The van der Waals surface area contributed by atoms with E-state index in [1.165, 1.54) is 11.3 Å². The zero-order valence-electron chi connectivity index (χ0n) is 12.2. The molecule has 0 fully saturated rings. The number of ether oxygens (including phenoxy) is 1. The van der Waals surface area contributed by atoms with E-state index in [-0.39, 0.29) is 17.0 Å². The number of nitrogens with one attached hydrogen (secondary N) is 1. The number of nitrogens with two attached hydrogens (primary N) is 1. The fraction of sp³-hybridized carbons (Fsp3) is 0.0588. The van der Waals surface area contributed by atoms with Crippen LogP contribution in [0.25, 0.3) is 10.9 Å². The molecule has 1 aromatic carbocycles. The smallest absolute Gasteiger partial charge is 0.256 e. The van der Waals surface area contributed by atoms with Gasteiger partial charge in [-0.3, -0.25) is 4.79 Å². The van der Waals surface area contributed by atoms with Gasteiger partial charge in [-0.2, -0.15) is 5.26 Å². The molecule has 3 heterocycles. The van der Waals surface area contributed by atoms with Crippen molar-refractivity contribution in [2.75, 3.05) is 0 Å². The third kappa shape index (κ3) is 2.15. The minimum absolute atomic E-state index is 0.0373. The van der Waals surface area contributed by atoms with Crippen molar-refractivity contribution in [3.8, 4) is 11.8 Å². The van der Waals surface area contributed by atoms with E-state index >= 15 is 0 Å². The van der Waals surface area contributed by atoms with Gasteiger partial charge in [0.15, 0.2) is 0 Å². The average Bonchev–Trinajstić information content (AvgIpc) is 3.00. The van der Waals surface area contributed by atoms with Crippen LogP contribution in [0.2, 0.25) is 0 Å². The standard InChI is InChI=1S/C17H10BrN3O2S/c18-8-5-12(24-7-8)13-10(6-19)16(20)23-15-9-3-1-2-4-11(9)21-17(22)14(13)15/h1-5,7,13H,20H2,(H,21,22). The number of nitrogens with zero attached hydrogens (tertiary/aromatic N) is 1. The number of aromatic amines is 1. The molecule has 0 amide bonds. The first kappa shape index (κ1) is 15.0. The van der Waals surface area contributed by atoms with Gasteiger partial charge in [0.05, 0.1) is 17.0 Å². The lowest BCUT2D eigenvalue weighted by molar-refractivity contribution is 0.397. The molecule has 4 rings (SSSR count). The molecule has 1 aliphatic rings. The van der Waals surface area contributed by atoms with Crippen LogP contribution in [-0.4, -0.2) is 4.98 Å². The van der Waals surface area contributed by atoms with Crippen LogP contribution < -0.4 is 16.0 Å². The van der Waals surface area contributed by atoms with Gasteiger partial charge in [0.2, 0.25) is 5.88 Å². The van der Waals surface area contributed by atoms with E-state index in [2.05, 4.69) is 27.0 Å². The summed E-state index contributed by atoms with van der Waals surface area (Å²) in [6.07, 6.45) is 0. The highest BCUT2D eigenvalue weighted by Gasteiger charge is 2.35. The number of aromatic nitrogens is 1. The summed E-state index contributed by atoms with van der Waals surface area (Å²) in [5, 5.41) is 12.2. The average molecular weight is 400 g/mol. The number of benzene rings is 1. The quantitative estimate of drug-likeness (QED) is 0.653. The molecule has 1 aliphatic heterocycles. The van der Waals surface area contributed by atoms with Gasteiger partial charge in [-0.05, 0) is 34.1 Å². The van der Waals surface area contributed by atoms with Crippen molar-refractivity contribution < 1.29 is 4.74 Å². The maximum atomic E-state index is 12.7. The number of fused-ring (bicyclic) bond motifs is 3. The van der Waals surface area contributed by atoms with Gasteiger partial charge in [-0.15, -0.1) is 11.3 Å². The number of nitriles is 1. The Morgan fingerprint density at radius 2 is 2.17 bits per heavy atom. The van der Waals surface area contributed by atoms with E-state index in [1.54, 1.807) is 6.07 Å². The minimum atomic E-state index is -0.539. The van der Waals surface area contributed by atoms with Crippen molar-refractivity contribution >= 4 is 38.2 Å². The van der Waals surface area contributed by atoms with Gasteiger partial charge < -0.3 is 15.5 Å². The van der Waals surface area contributed by atoms with Crippen molar-refractivity contribution in [1.29, 1.82) is 5.26 Å². The topological polar surface area (TPSA) is 91.9 Å². The Labute approximate surface area is 149 Å². The van der Waals surface area contributed by atoms with E-state index in [0.29, 0.717) is 16.8 Å². The van der Waals surface area contributed by atoms with E-state index in [0.717, 1.165) is 14.7 Å². The van der Waals surface area contributed by atoms with Crippen molar-refractivity contribution in [2.24, 2.45) is 5.73 Å². The zero-order chi connectivity index (χ0) is 16.8. The Bertz CT molecular complexity index is 1110. The molecule has 0 spiro atoms. The summed E-state index contributed by atoms with van der Waals surface area (Å²) in [4.78, 5) is 16.4. The Morgan fingerprint density at radius 3 is 2.88 bits per heavy atom. The zero-order valence-corrected chi connectivity index (χ0v) is 14.6. The lowest BCUT2D eigenvalue weighted by atomic mass is 9.88. The highest BCUT2D eigenvalue weighted by atomic mass is 79.9. The molecule has 3 N–H and O–H groups in total. The van der Waals surface area contributed by atoms with Crippen molar-refractivity contribution in [3.05, 3.63) is 72.4 Å². The molecule has 0 bridgehead atoms. The van der Waals surface area contributed by atoms with Crippen molar-refractivity contribution in [3.63, 3.8) is 0 Å². The largest absolute Gasteiger partial charge is 0.439 e. The van der Waals surface area contributed by atoms with Crippen LogP contribution >= 0.6 is 27.3 Å². The second-order valence-electron chi connectivity index (χ2n) is 5.33. The number of hydrogen-bond acceptors (Lipinski definition) is 5. The van der Waals surface area contributed by atoms with Gasteiger partial charge >= 0.3 is 0 Å². The lowest BCUT2D eigenvalue weighted by Gasteiger charge is -2.25. The Kier molecular flexibility index (Phi) is 3.44. The van der Waals surface area contributed by atoms with Gasteiger partial charge in [-0.1, -0.05) is 12.1 Å². The van der Waals surface area contributed by atoms with Gasteiger partial charge in [0.25, 0.3) is 5.56 Å². The van der Waals surface area contributed by atoms with Crippen LogP contribution in [0, 0.1) is 11.3 Å². The van der Waals surface area contributed by atoms with Crippen LogP contribution in [0.15, 0.2) is 56.4 Å². The first-order valence-corrected chi connectivity index (χ1v) is 8.74. The number of allylic oxidation sites excluding steroid dienone is 1. The maximum absolute atomic E-state index is 12.7. The predicted octanol–water partition coefficient (Wildman–Crippen LogP) is 3.57. The number of para-hydroxylation sites is 1. The Hall–Kier alpha value is -2.56. The number of pyridine rings is 1. The molecule has 0 radical (unpaired) electrons. The molecular weight excluding hydrogens is 390 g/mol. The van der Waals surface area contributed by atoms with Crippen LogP contribution in [0.5, 0.6) is 5.75 Å². The highest BCUT2D eigenvalue weighted by molar-refractivity contribution is 9.10. The molecule has 118 valence electrons. The van der Waals surface area contributed by atoms with Crippen LogP contribution in [0.4, 0.5) is 0 Å². The second-order valence-corrected chi connectivity index (χ2v) is 7.19. The number of rotatable bonds is 1. The molecule has 0 saturated carbocycles. The Morgan fingerprint density at radius 1 is 1.38 bits per heavy atom. The summed E-state index contributed by atoms with van der Waals surface area (Å²) < 4.78 is 6.59. The van der Waals surface area contributed by atoms with Crippen molar-refractivity contribution in [2.45, 2.75) is 5.92 Å². The first-order chi connectivity index (χ1) is 11.6. The van der Waals surface area contributed by atoms with Crippen LogP contribution in [0.3, 0.4) is 0 Å². The third-order valence-corrected chi connectivity index (χ3v) is 5.72. The van der Waals surface area contributed by atoms with Gasteiger partial charge in [-0.25, -0.2) is 0 Å². The summed E-state index contributed by atoms with van der Waals surface area (Å²) >= 11 is 4.88. The molecule has 7 heteroatoms. The normalized spacial score (nSPS) is 16.6. The van der Waals surface area contributed by atoms with E-state index in [1.807, 2.05) is 29.6 Å². The fourth-order valence-electron chi connectivity index (χ4n) is 2.94. The Balaban J connectivity index is 2.10. The molecule has 24 heavy (non-hydrogen) atoms. The van der Waals surface area contributed by atoms with E-state index in [4.69, 9.17) is 10.5 Å². The first-order valence-electron chi connectivity index (χ1n) is 7.06. The molecule has 1 atom stereocenters. The van der Waals surface area contributed by atoms with E-state index < -0.39 is 5.92 Å². The number of H-pyrrole nitrogens is 1. The monoisotopic (exact) mass is 399 g/mol. The number of halogens is 1. The second kappa shape index (κ2) is 5.51. The summed E-state index contributed by atoms with van der Waals surface area (Å²) in [5.74, 6) is -0.0842. The minimum Gasteiger partial charge on any atom is -0.439 e. The molecule has 2 aromatic heterocycles. The summed E-state index contributed by atoms with van der Waals surface area (Å²) in [5.41, 5.74) is 7.04. The van der Waals surface area contributed by atoms with Crippen LogP contribution in [0.1, 0.15) is 16.4 Å². The van der Waals surface area contributed by atoms with Crippen molar-refractivity contribution in [1.82, 2.24) is 4.98 Å². The van der Waals surface area contributed by atoms with Gasteiger partial charge in [0.1, 0.15) is 17.4 Å². The maximum Gasteiger partial charge on any atom is 0.256 e. The summed E-state index contributed by atoms with van der Waals surface area (Å²) in [7, 11) is 0. The molecule has 3 aromatic rings. The molecule has 5 nitrogen and oxygen atoms in total. The van der Waals surface area contributed by atoms with Crippen LogP contribution in [-0.2, 0) is 0 Å². The lowest BCUT2D eigenvalue weighted by Crippen LogP contribution is -2.27. The van der Waals surface area contributed by atoms with Gasteiger partial charge in [0, 0.05) is 20.1 Å².